The molecular weight excluding hydrogens is 422 g/mol. The van der Waals surface area contributed by atoms with E-state index in [4.69, 9.17) is 0 Å². The van der Waals surface area contributed by atoms with Gasteiger partial charge < -0.3 is 10.4 Å². The van der Waals surface area contributed by atoms with Gasteiger partial charge in [-0.1, -0.05) is 28.1 Å². The van der Waals surface area contributed by atoms with E-state index in [1.807, 2.05) is 30.5 Å². The van der Waals surface area contributed by atoms with E-state index in [9.17, 15) is 19.5 Å². The molecule has 0 bridgehead atoms. The van der Waals surface area contributed by atoms with Gasteiger partial charge in [0, 0.05) is 16.1 Å². The predicted octanol–water partition coefficient (Wildman–Crippen LogP) is 2.00. The Hall–Kier alpha value is -2.13. The quantitative estimate of drug-likeness (QED) is 0.651. The van der Waals surface area contributed by atoms with Crippen LogP contribution in [0.5, 0.6) is 0 Å². The molecule has 0 aliphatic heterocycles. The molecule has 0 saturated heterocycles. The van der Waals surface area contributed by atoms with Crippen LogP contribution in [0, 0.1) is 0 Å². The molecule has 0 spiro atoms. The fraction of sp³-hybridized carbons (Fsp3) is 0.294. The molecule has 1 aromatic carbocycles. The molecule has 1 heterocycles. The smallest absolute Gasteiger partial charge is 0.326 e. The number of hydrogen-bond acceptors (Lipinski definition) is 5. The molecule has 0 radical (unpaired) electrons. The number of aliphatic carboxylic acids is 1. The molecule has 2 rings (SSSR count). The number of carbonyl (C=O) groups excluding carboxylic acids is 1. The molecule has 0 saturated carbocycles. The molecule has 9 heteroatoms. The van der Waals surface area contributed by atoms with Crippen LogP contribution in [0.1, 0.15) is 6.42 Å². The molecule has 2 aromatic rings. The van der Waals surface area contributed by atoms with Crippen LogP contribution in [0.3, 0.4) is 0 Å². The van der Waals surface area contributed by atoms with Crippen LogP contribution in [0.25, 0.3) is 11.3 Å². The van der Waals surface area contributed by atoms with Crippen molar-refractivity contribution in [2.24, 2.45) is 0 Å². The summed E-state index contributed by atoms with van der Waals surface area (Å²) in [4.78, 5) is 35.3. The van der Waals surface area contributed by atoms with E-state index in [2.05, 4.69) is 26.3 Å². The molecular formula is C17H18BrN3O4S. The SMILES string of the molecule is CSCC[C@H](NC(=O)Cn1nc(-c2ccc(Br)cc2)ccc1=O)C(=O)O. The van der Waals surface area contributed by atoms with Crippen LogP contribution in [0.4, 0.5) is 0 Å². The van der Waals surface area contributed by atoms with Crippen molar-refractivity contribution in [3.05, 3.63) is 51.2 Å². The summed E-state index contributed by atoms with van der Waals surface area (Å²) in [6.45, 7) is -0.341. The highest BCUT2D eigenvalue weighted by Crippen LogP contribution is 2.18. The van der Waals surface area contributed by atoms with Gasteiger partial charge in [0.05, 0.1) is 5.69 Å². The number of halogens is 1. The predicted molar refractivity (Wildman–Crippen MR) is 104 cm³/mol. The molecule has 1 amide bonds. The highest BCUT2D eigenvalue weighted by Gasteiger charge is 2.20. The van der Waals surface area contributed by atoms with Gasteiger partial charge in [0.25, 0.3) is 5.56 Å². The van der Waals surface area contributed by atoms with Gasteiger partial charge in [-0.25, -0.2) is 9.48 Å². The molecule has 0 aliphatic rings. The van der Waals surface area contributed by atoms with E-state index in [1.54, 1.807) is 6.07 Å². The minimum absolute atomic E-state index is 0.309. The maximum atomic E-state index is 12.1. The maximum absolute atomic E-state index is 12.1. The largest absolute Gasteiger partial charge is 0.480 e. The Labute approximate surface area is 162 Å². The molecule has 2 N–H and O–H groups in total. The molecule has 0 aliphatic carbocycles. The van der Waals surface area contributed by atoms with Gasteiger partial charge >= 0.3 is 5.97 Å². The lowest BCUT2D eigenvalue weighted by Crippen LogP contribution is -2.44. The van der Waals surface area contributed by atoms with Crippen LogP contribution in [0.2, 0.25) is 0 Å². The van der Waals surface area contributed by atoms with E-state index in [0.717, 1.165) is 14.7 Å². The zero-order chi connectivity index (χ0) is 19.1. The van der Waals surface area contributed by atoms with Crippen molar-refractivity contribution in [2.45, 2.75) is 19.0 Å². The summed E-state index contributed by atoms with van der Waals surface area (Å²) in [6.07, 6.45) is 2.17. The average Bonchev–Trinajstić information content (AvgIpc) is 2.61. The number of nitrogens with one attached hydrogen (secondary N) is 1. The molecule has 7 nitrogen and oxygen atoms in total. The van der Waals surface area contributed by atoms with Crippen molar-refractivity contribution in [3.63, 3.8) is 0 Å². The first-order valence-electron chi connectivity index (χ1n) is 7.76. The Bertz CT molecular complexity index is 839. The molecule has 0 unspecified atom stereocenters. The Morgan fingerprint density at radius 2 is 1.96 bits per heavy atom. The number of carboxylic acid groups (broad SMARTS) is 1. The van der Waals surface area contributed by atoms with Gasteiger partial charge in [-0.2, -0.15) is 16.9 Å². The van der Waals surface area contributed by atoms with Crippen molar-refractivity contribution in [1.82, 2.24) is 15.1 Å². The first kappa shape index (κ1) is 20.2. The lowest BCUT2D eigenvalue weighted by Gasteiger charge is -2.14. The number of carboxylic acids is 1. The zero-order valence-electron chi connectivity index (χ0n) is 14.0. The van der Waals surface area contributed by atoms with Gasteiger partial charge in [0.1, 0.15) is 12.6 Å². The number of nitrogens with zero attached hydrogens (tertiary/aromatic N) is 2. The Morgan fingerprint density at radius 3 is 2.58 bits per heavy atom. The van der Waals surface area contributed by atoms with Gasteiger partial charge in [0.2, 0.25) is 5.91 Å². The topological polar surface area (TPSA) is 101 Å². The summed E-state index contributed by atoms with van der Waals surface area (Å²) in [7, 11) is 0. The Balaban J connectivity index is 2.14. The second-order valence-electron chi connectivity index (χ2n) is 5.46. The third-order valence-corrected chi connectivity index (χ3v) is 4.72. The molecule has 0 fully saturated rings. The van der Waals surface area contributed by atoms with Crippen LogP contribution in [-0.2, 0) is 16.1 Å². The summed E-state index contributed by atoms with van der Waals surface area (Å²) in [5.74, 6) is -1.06. The zero-order valence-corrected chi connectivity index (χ0v) is 16.4. The summed E-state index contributed by atoms with van der Waals surface area (Å²) in [6, 6.07) is 9.30. The second kappa shape index (κ2) is 9.54. The maximum Gasteiger partial charge on any atom is 0.326 e. The van der Waals surface area contributed by atoms with Crippen LogP contribution in [0.15, 0.2) is 45.7 Å². The molecule has 1 atom stereocenters. The van der Waals surface area contributed by atoms with Crippen molar-refractivity contribution in [3.8, 4) is 11.3 Å². The fourth-order valence-electron chi connectivity index (χ4n) is 2.21. The van der Waals surface area contributed by atoms with E-state index in [-0.39, 0.29) is 6.54 Å². The van der Waals surface area contributed by atoms with E-state index < -0.39 is 23.5 Å². The summed E-state index contributed by atoms with van der Waals surface area (Å²) >= 11 is 4.85. The van der Waals surface area contributed by atoms with E-state index in [0.29, 0.717) is 17.9 Å². The molecule has 26 heavy (non-hydrogen) atoms. The Morgan fingerprint density at radius 1 is 1.27 bits per heavy atom. The number of thioether (sulfide) groups is 1. The van der Waals surface area contributed by atoms with Gasteiger partial charge in [-0.3, -0.25) is 9.59 Å². The standard InChI is InChI=1S/C17H18BrN3O4S/c1-26-9-8-14(17(24)25)19-15(22)10-21-16(23)7-6-13(20-21)11-2-4-12(18)5-3-11/h2-7,14H,8-10H2,1H3,(H,19,22)(H,24,25)/t14-/m0/s1. The number of amides is 1. The third-order valence-electron chi connectivity index (χ3n) is 3.54. The number of aromatic nitrogens is 2. The number of carbonyl (C=O) groups is 2. The summed E-state index contributed by atoms with van der Waals surface area (Å²) in [5, 5.41) is 15.8. The van der Waals surface area contributed by atoms with Gasteiger partial charge in [-0.15, -0.1) is 0 Å². The molecule has 1 aromatic heterocycles. The Kier molecular flexibility index (Phi) is 7.40. The van der Waals surface area contributed by atoms with Crippen LogP contribution in [-0.4, -0.2) is 44.8 Å². The lowest BCUT2D eigenvalue weighted by atomic mass is 10.1. The lowest BCUT2D eigenvalue weighted by molar-refractivity contribution is -0.142. The number of hydrogen-bond donors (Lipinski definition) is 2. The van der Waals surface area contributed by atoms with Crippen molar-refractivity contribution in [2.75, 3.05) is 12.0 Å². The summed E-state index contributed by atoms with van der Waals surface area (Å²) in [5.41, 5.74) is 0.907. The second-order valence-corrected chi connectivity index (χ2v) is 7.36. The van der Waals surface area contributed by atoms with Gasteiger partial charge in [-0.05, 0) is 36.6 Å². The highest BCUT2D eigenvalue weighted by molar-refractivity contribution is 9.10. The third kappa shape index (κ3) is 5.70. The van der Waals surface area contributed by atoms with Crippen molar-refractivity contribution >= 4 is 39.6 Å². The normalized spacial score (nSPS) is 11.8. The minimum Gasteiger partial charge on any atom is -0.480 e. The minimum atomic E-state index is -1.10. The van der Waals surface area contributed by atoms with Crippen molar-refractivity contribution < 1.29 is 14.7 Å². The fourth-order valence-corrected chi connectivity index (χ4v) is 2.94. The van der Waals surface area contributed by atoms with E-state index >= 15 is 0 Å². The number of rotatable bonds is 8. The monoisotopic (exact) mass is 439 g/mol. The van der Waals surface area contributed by atoms with E-state index in [1.165, 1.54) is 17.8 Å². The average molecular weight is 440 g/mol. The van der Waals surface area contributed by atoms with Crippen LogP contribution < -0.4 is 10.9 Å². The number of benzene rings is 1. The first-order valence-corrected chi connectivity index (χ1v) is 9.94. The first-order chi connectivity index (χ1) is 12.4. The van der Waals surface area contributed by atoms with Crippen LogP contribution >= 0.6 is 27.7 Å². The molecule has 138 valence electrons. The summed E-state index contributed by atoms with van der Waals surface area (Å²) < 4.78 is 1.94. The van der Waals surface area contributed by atoms with Gasteiger partial charge in [0.15, 0.2) is 0 Å². The van der Waals surface area contributed by atoms with Crippen molar-refractivity contribution in [1.29, 1.82) is 0 Å². The highest BCUT2D eigenvalue weighted by atomic mass is 79.9.